The SMILES string of the molecule is CCNC(C)(COCC1CCCCC1)C(=O)OCC. The van der Waals surface area contributed by atoms with E-state index in [9.17, 15) is 4.79 Å². The fourth-order valence-corrected chi connectivity index (χ4v) is 2.65. The number of nitrogens with one attached hydrogen (secondary N) is 1. The number of likely N-dealkylation sites (N-methyl/N-ethyl adjacent to an activating group) is 1. The van der Waals surface area contributed by atoms with E-state index in [0.29, 0.717) is 19.1 Å². The minimum Gasteiger partial charge on any atom is -0.465 e. The van der Waals surface area contributed by atoms with Gasteiger partial charge in [-0.2, -0.15) is 0 Å². The monoisotopic (exact) mass is 271 g/mol. The fraction of sp³-hybridized carbons (Fsp3) is 0.933. The molecule has 0 bridgehead atoms. The van der Waals surface area contributed by atoms with Crippen LogP contribution in [0.15, 0.2) is 0 Å². The number of carbonyl (C=O) groups excluding carboxylic acids is 1. The molecule has 112 valence electrons. The van der Waals surface area contributed by atoms with Crippen LogP contribution in [0.2, 0.25) is 0 Å². The summed E-state index contributed by atoms with van der Waals surface area (Å²) in [5.74, 6) is 0.447. The molecule has 1 aliphatic carbocycles. The highest BCUT2D eigenvalue weighted by atomic mass is 16.5. The van der Waals surface area contributed by atoms with Crippen LogP contribution in [-0.4, -0.2) is 37.9 Å². The summed E-state index contributed by atoms with van der Waals surface area (Å²) in [6.45, 7) is 7.95. The fourth-order valence-electron chi connectivity index (χ4n) is 2.65. The Bertz CT molecular complexity index is 264. The van der Waals surface area contributed by atoms with Crippen molar-refractivity contribution in [2.75, 3.05) is 26.4 Å². The first-order valence-electron chi connectivity index (χ1n) is 7.62. The van der Waals surface area contributed by atoms with Gasteiger partial charge in [0.2, 0.25) is 0 Å². The van der Waals surface area contributed by atoms with Gasteiger partial charge in [-0.05, 0) is 39.2 Å². The molecule has 1 unspecified atom stereocenters. The first kappa shape index (κ1) is 16.4. The predicted octanol–water partition coefficient (Wildman–Crippen LogP) is 2.51. The largest absolute Gasteiger partial charge is 0.465 e. The number of esters is 1. The number of rotatable bonds is 8. The average Bonchev–Trinajstić information content (AvgIpc) is 2.40. The smallest absolute Gasteiger partial charge is 0.328 e. The molecule has 4 heteroatoms. The van der Waals surface area contributed by atoms with Gasteiger partial charge in [-0.3, -0.25) is 0 Å². The Morgan fingerprint density at radius 1 is 1.26 bits per heavy atom. The highest BCUT2D eigenvalue weighted by Crippen LogP contribution is 2.24. The van der Waals surface area contributed by atoms with Crippen molar-refractivity contribution >= 4 is 5.97 Å². The number of ether oxygens (including phenoxy) is 2. The topological polar surface area (TPSA) is 47.6 Å². The lowest BCUT2D eigenvalue weighted by Gasteiger charge is -2.29. The zero-order valence-electron chi connectivity index (χ0n) is 12.7. The van der Waals surface area contributed by atoms with Gasteiger partial charge in [0.25, 0.3) is 0 Å². The Morgan fingerprint density at radius 3 is 2.53 bits per heavy atom. The maximum atomic E-state index is 12.0. The number of carbonyl (C=O) groups is 1. The molecule has 0 saturated heterocycles. The molecule has 1 fully saturated rings. The van der Waals surface area contributed by atoms with E-state index in [1.807, 2.05) is 20.8 Å². The van der Waals surface area contributed by atoms with Gasteiger partial charge in [-0.25, -0.2) is 4.79 Å². The highest BCUT2D eigenvalue weighted by molar-refractivity contribution is 5.80. The zero-order valence-corrected chi connectivity index (χ0v) is 12.7. The van der Waals surface area contributed by atoms with E-state index < -0.39 is 5.54 Å². The Kier molecular flexibility index (Phi) is 7.39. The van der Waals surface area contributed by atoms with E-state index in [2.05, 4.69) is 5.32 Å². The molecule has 1 rings (SSSR count). The van der Waals surface area contributed by atoms with E-state index in [0.717, 1.165) is 13.2 Å². The molecule has 0 aromatic heterocycles. The molecule has 1 saturated carbocycles. The van der Waals surface area contributed by atoms with Crippen LogP contribution in [0.25, 0.3) is 0 Å². The Morgan fingerprint density at radius 2 is 1.95 bits per heavy atom. The van der Waals surface area contributed by atoms with E-state index in [1.165, 1.54) is 32.1 Å². The molecule has 0 amide bonds. The lowest BCUT2D eigenvalue weighted by atomic mass is 9.90. The summed E-state index contributed by atoms with van der Waals surface area (Å²) < 4.78 is 10.9. The van der Waals surface area contributed by atoms with E-state index in [4.69, 9.17) is 9.47 Å². The lowest BCUT2D eigenvalue weighted by molar-refractivity contribution is -0.153. The molecule has 0 aromatic rings. The molecular formula is C15H29NO3. The predicted molar refractivity (Wildman–Crippen MR) is 76.1 cm³/mol. The van der Waals surface area contributed by atoms with Crippen molar-refractivity contribution in [3.8, 4) is 0 Å². The van der Waals surface area contributed by atoms with Crippen molar-refractivity contribution in [3.05, 3.63) is 0 Å². The minimum atomic E-state index is -0.723. The summed E-state index contributed by atoms with van der Waals surface area (Å²) in [4.78, 5) is 12.0. The van der Waals surface area contributed by atoms with Gasteiger partial charge in [-0.1, -0.05) is 26.2 Å². The Labute approximate surface area is 117 Å². The van der Waals surface area contributed by atoms with Crippen LogP contribution >= 0.6 is 0 Å². The van der Waals surface area contributed by atoms with Gasteiger partial charge in [0.05, 0.1) is 13.2 Å². The molecule has 0 spiro atoms. The summed E-state index contributed by atoms with van der Waals surface area (Å²) in [7, 11) is 0. The lowest BCUT2D eigenvalue weighted by Crippen LogP contribution is -2.54. The van der Waals surface area contributed by atoms with Crippen molar-refractivity contribution in [1.29, 1.82) is 0 Å². The third-order valence-electron chi connectivity index (χ3n) is 3.76. The van der Waals surface area contributed by atoms with Gasteiger partial charge < -0.3 is 14.8 Å². The first-order chi connectivity index (χ1) is 9.12. The molecule has 0 radical (unpaired) electrons. The second-order valence-corrected chi connectivity index (χ2v) is 5.60. The van der Waals surface area contributed by atoms with Gasteiger partial charge in [0.15, 0.2) is 0 Å². The van der Waals surface area contributed by atoms with E-state index >= 15 is 0 Å². The Balaban J connectivity index is 2.37. The van der Waals surface area contributed by atoms with Crippen molar-refractivity contribution in [1.82, 2.24) is 5.32 Å². The molecule has 1 aliphatic rings. The van der Waals surface area contributed by atoms with Gasteiger partial charge in [0.1, 0.15) is 5.54 Å². The van der Waals surface area contributed by atoms with E-state index in [-0.39, 0.29) is 5.97 Å². The van der Waals surface area contributed by atoms with Crippen molar-refractivity contribution in [2.24, 2.45) is 5.92 Å². The summed E-state index contributed by atoms with van der Waals surface area (Å²) >= 11 is 0. The van der Waals surface area contributed by atoms with Crippen LogP contribution in [0.4, 0.5) is 0 Å². The summed E-state index contributed by atoms with van der Waals surface area (Å²) in [5, 5.41) is 3.18. The normalized spacial score (nSPS) is 19.9. The zero-order chi connectivity index (χ0) is 14.1. The average molecular weight is 271 g/mol. The molecule has 4 nitrogen and oxygen atoms in total. The van der Waals surface area contributed by atoms with Crippen LogP contribution in [-0.2, 0) is 14.3 Å². The molecule has 0 aliphatic heterocycles. The van der Waals surface area contributed by atoms with Crippen molar-refractivity contribution < 1.29 is 14.3 Å². The van der Waals surface area contributed by atoms with Crippen LogP contribution in [0.5, 0.6) is 0 Å². The van der Waals surface area contributed by atoms with Crippen LogP contribution < -0.4 is 5.32 Å². The first-order valence-corrected chi connectivity index (χ1v) is 7.62. The second kappa shape index (κ2) is 8.54. The maximum absolute atomic E-state index is 12.0. The minimum absolute atomic E-state index is 0.222. The van der Waals surface area contributed by atoms with Crippen LogP contribution in [0.1, 0.15) is 52.9 Å². The Hall–Kier alpha value is -0.610. The third kappa shape index (κ3) is 5.49. The second-order valence-electron chi connectivity index (χ2n) is 5.60. The van der Waals surface area contributed by atoms with Crippen LogP contribution in [0, 0.1) is 5.92 Å². The number of hydrogen-bond donors (Lipinski definition) is 1. The van der Waals surface area contributed by atoms with Crippen molar-refractivity contribution in [2.45, 2.75) is 58.4 Å². The van der Waals surface area contributed by atoms with Crippen molar-refractivity contribution in [3.63, 3.8) is 0 Å². The van der Waals surface area contributed by atoms with Gasteiger partial charge >= 0.3 is 5.97 Å². The molecular weight excluding hydrogens is 242 g/mol. The molecule has 1 atom stereocenters. The highest BCUT2D eigenvalue weighted by Gasteiger charge is 2.34. The maximum Gasteiger partial charge on any atom is 0.328 e. The quantitative estimate of drug-likeness (QED) is 0.689. The molecule has 0 aromatic carbocycles. The summed E-state index contributed by atoms with van der Waals surface area (Å²) in [6.07, 6.45) is 6.51. The molecule has 0 heterocycles. The molecule has 1 N–H and O–H groups in total. The molecule has 19 heavy (non-hydrogen) atoms. The van der Waals surface area contributed by atoms with Gasteiger partial charge in [0, 0.05) is 6.61 Å². The summed E-state index contributed by atoms with van der Waals surface area (Å²) in [6, 6.07) is 0. The third-order valence-corrected chi connectivity index (χ3v) is 3.76. The van der Waals surface area contributed by atoms with Crippen LogP contribution in [0.3, 0.4) is 0 Å². The standard InChI is InChI=1S/C15H29NO3/c1-4-16-15(3,14(17)19-5-2)12-18-11-13-9-7-6-8-10-13/h13,16H,4-12H2,1-3H3. The summed E-state index contributed by atoms with van der Waals surface area (Å²) in [5.41, 5.74) is -0.723. The number of hydrogen-bond acceptors (Lipinski definition) is 4. The van der Waals surface area contributed by atoms with Gasteiger partial charge in [-0.15, -0.1) is 0 Å². The van der Waals surface area contributed by atoms with E-state index in [1.54, 1.807) is 0 Å².